The minimum Gasteiger partial charge on any atom is -0.388 e. The molecule has 9 heteroatoms. The van der Waals surface area contributed by atoms with Crippen molar-refractivity contribution < 1.29 is 22.7 Å². The zero-order chi connectivity index (χ0) is 17.9. The number of hydrogen-bond acceptors (Lipinski definition) is 6. The molecule has 0 fully saturated rings. The van der Waals surface area contributed by atoms with Gasteiger partial charge in [-0.05, 0) is 36.4 Å². The lowest BCUT2D eigenvalue weighted by molar-refractivity contribution is -0.136. The summed E-state index contributed by atoms with van der Waals surface area (Å²) in [6.07, 6.45) is 0. The van der Waals surface area contributed by atoms with Crippen LogP contribution < -0.4 is 5.73 Å². The number of carbonyl (C=O) groups is 2. The van der Waals surface area contributed by atoms with Crippen molar-refractivity contribution in [1.82, 2.24) is 0 Å². The van der Waals surface area contributed by atoms with Gasteiger partial charge in [0.15, 0.2) is 0 Å². The summed E-state index contributed by atoms with van der Waals surface area (Å²) in [6, 6.07) is 10.0. The molecule has 0 heterocycles. The smallest absolute Gasteiger partial charge is 0.345 e. The number of benzene rings is 2. The number of halogens is 2. The average molecular weight is 477 g/mol. The van der Waals surface area contributed by atoms with Crippen LogP contribution in [0.4, 0.5) is 0 Å². The largest absolute Gasteiger partial charge is 0.388 e. The first-order valence-electron chi connectivity index (χ1n) is 6.50. The molecular formula is C15H11Br2NO5S. The van der Waals surface area contributed by atoms with Crippen LogP contribution in [0.1, 0.15) is 10.4 Å². The highest BCUT2D eigenvalue weighted by molar-refractivity contribution is 9.10. The second-order valence-electron chi connectivity index (χ2n) is 4.60. The zero-order valence-corrected chi connectivity index (χ0v) is 16.0. The Labute approximate surface area is 155 Å². The predicted molar refractivity (Wildman–Crippen MR) is 93.2 cm³/mol. The van der Waals surface area contributed by atoms with E-state index in [9.17, 15) is 18.0 Å². The summed E-state index contributed by atoms with van der Waals surface area (Å²) in [6.45, 7) is -0.455. The average Bonchev–Trinajstić information content (AvgIpc) is 2.54. The maximum absolute atomic E-state index is 12.7. The Bertz CT molecular complexity index is 912. The second-order valence-corrected chi connectivity index (χ2v) is 8.38. The van der Waals surface area contributed by atoms with Crippen molar-refractivity contribution in [2.45, 2.75) is 9.79 Å². The first kappa shape index (κ1) is 18.8. The van der Waals surface area contributed by atoms with E-state index in [1.165, 1.54) is 24.3 Å². The Morgan fingerprint density at radius 1 is 1.00 bits per heavy atom. The Morgan fingerprint density at radius 3 is 2.29 bits per heavy atom. The molecule has 0 radical (unpaired) electrons. The highest BCUT2D eigenvalue weighted by Gasteiger charge is 2.22. The van der Waals surface area contributed by atoms with Crippen molar-refractivity contribution in [3.63, 3.8) is 0 Å². The standard InChI is InChI=1S/C15H11Br2NO5S/c16-10-2-1-3-12(6-10)24(21,22)13-5-9(4-11(17)7-13)15(20)23-14(19)8-18/h1-7H,8,18H2. The monoisotopic (exact) mass is 475 g/mol. The summed E-state index contributed by atoms with van der Waals surface area (Å²) in [7, 11) is -3.85. The normalized spacial score (nSPS) is 11.1. The molecule has 0 unspecified atom stereocenters. The van der Waals surface area contributed by atoms with Crippen molar-refractivity contribution in [1.29, 1.82) is 0 Å². The highest BCUT2D eigenvalue weighted by atomic mass is 79.9. The number of ether oxygens (including phenoxy) is 1. The van der Waals surface area contributed by atoms with E-state index in [1.807, 2.05) is 0 Å². The van der Waals surface area contributed by atoms with Crippen LogP contribution in [-0.2, 0) is 19.4 Å². The fourth-order valence-electron chi connectivity index (χ4n) is 1.81. The Morgan fingerprint density at radius 2 is 1.67 bits per heavy atom. The summed E-state index contributed by atoms with van der Waals surface area (Å²) in [4.78, 5) is 23.0. The molecule has 0 spiro atoms. The first-order valence-corrected chi connectivity index (χ1v) is 9.57. The molecule has 0 amide bonds. The van der Waals surface area contributed by atoms with Crippen LogP contribution in [0.5, 0.6) is 0 Å². The molecule has 0 atom stereocenters. The molecule has 126 valence electrons. The fraction of sp³-hybridized carbons (Fsp3) is 0.0667. The number of sulfone groups is 1. The molecule has 0 aliphatic carbocycles. The molecule has 0 aliphatic rings. The van der Waals surface area contributed by atoms with Crippen molar-refractivity contribution in [2.24, 2.45) is 5.73 Å². The van der Waals surface area contributed by atoms with Gasteiger partial charge in [-0.15, -0.1) is 0 Å². The number of nitrogens with two attached hydrogens (primary N) is 1. The van der Waals surface area contributed by atoms with Gasteiger partial charge in [0.25, 0.3) is 0 Å². The van der Waals surface area contributed by atoms with Gasteiger partial charge >= 0.3 is 11.9 Å². The molecule has 24 heavy (non-hydrogen) atoms. The molecule has 0 saturated heterocycles. The molecule has 2 aromatic carbocycles. The SMILES string of the molecule is NCC(=O)OC(=O)c1cc(Br)cc(S(=O)(=O)c2cccc(Br)c2)c1. The maximum Gasteiger partial charge on any atom is 0.345 e. The third-order valence-electron chi connectivity index (χ3n) is 2.90. The minimum atomic E-state index is -3.85. The maximum atomic E-state index is 12.7. The van der Waals surface area contributed by atoms with E-state index in [4.69, 9.17) is 5.73 Å². The Hall–Kier alpha value is -1.55. The van der Waals surface area contributed by atoms with Crippen LogP contribution in [0, 0.1) is 0 Å². The number of hydrogen-bond donors (Lipinski definition) is 1. The van der Waals surface area contributed by atoms with E-state index in [2.05, 4.69) is 36.6 Å². The summed E-state index contributed by atoms with van der Waals surface area (Å²) in [5, 5.41) is 0. The van der Waals surface area contributed by atoms with Gasteiger partial charge in [0, 0.05) is 8.95 Å². The molecule has 0 aromatic heterocycles. The van der Waals surface area contributed by atoms with Crippen molar-refractivity contribution >= 4 is 53.6 Å². The van der Waals surface area contributed by atoms with Gasteiger partial charge in [-0.25, -0.2) is 13.2 Å². The topological polar surface area (TPSA) is 104 Å². The molecular weight excluding hydrogens is 466 g/mol. The van der Waals surface area contributed by atoms with Gasteiger partial charge in [0.1, 0.15) is 0 Å². The lowest BCUT2D eigenvalue weighted by Crippen LogP contribution is -2.21. The molecule has 2 rings (SSSR count). The summed E-state index contributed by atoms with van der Waals surface area (Å²) in [5.74, 6) is -1.88. The van der Waals surface area contributed by atoms with Crippen LogP contribution in [0.3, 0.4) is 0 Å². The second kappa shape index (κ2) is 7.56. The van der Waals surface area contributed by atoms with E-state index in [-0.39, 0.29) is 15.4 Å². The fourth-order valence-corrected chi connectivity index (χ4v) is 4.38. The number of carbonyl (C=O) groups excluding carboxylic acids is 2. The van der Waals surface area contributed by atoms with Crippen LogP contribution in [0.2, 0.25) is 0 Å². The van der Waals surface area contributed by atoms with Crippen molar-refractivity contribution in [3.05, 3.63) is 57.0 Å². The van der Waals surface area contributed by atoms with E-state index in [1.54, 1.807) is 12.1 Å². The van der Waals surface area contributed by atoms with Gasteiger partial charge in [0.05, 0.1) is 21.9 Å². The van der Waals surface area contributed by atoms with E-state index >= 15 is 0 Å². The van der Waals surface area contributed by atoms with Gasteiger partial charge in [0.2, 0.25) is 9.84 Å². The quantitative estimate of drug-likeness (QED) is 0.537. The number of esters is 2. The third-order valence-corrected chi connectivity index (χ3v) is 5.58. The van der Waals surface area contributed by atoms with E-state index in [0.29, 0.717) is 8.95 Å². The molecule has 2 N–H and O–H groups in total. The van der Waals surface area contributed by atoms with E-state index < -0.39 is 28.3 Å². The summed E-state index contributed by atoms with van der Waals surface area (Å²) >= 11 is 6.37. The highest BCUT2D eigenvalue weighted by Crippen LogP contribution is 2.27. The molecule has 2 aromatic rings. The van der Waals surface area contributed by atoms with Gasteiger partial charge < -0.3 is 10.5 Å². The lowest BCUT2D eigenvalue weighted by Gasteiger charge is -2.08. The Balaban J connectivity index is 2.48. The lowest BCUT2D eigenvalue weighted by atomic mass is 10.2. The third kappa shape index (κ3) is 4.29. The summed E-state index contributed by atoms with van der Waals surface area (Å²) in [5.41, 5.74) is 5.00. The predicted octanol–water partition coefficient (Wildman–Crippen LogP) is 2.69. The van der Waals surface area contributed by atoms with Crippen LogP contribution in [0.15, 0.2) is 61.2 Å². The molecule has 0 aliphatic heterocycles. The number of rotatable bonds is 4. The summed E-state index contributed by atoms with van der Waals surface area (Å²) < 4.78 is 30.9. The van der Waals surface area contributed by atoms with Crippen molar-refractivity contribution in [3.8, 4) is 0 Å². The zero-order valence-electron chi connectivity index (χ0n) is 12.0. The minimum absolute atomic E-state index is 0.0623. The van der Waals surface area contributed by atoms with Crippen LogP contribution in [-0.4, -0.2) is 26.9 Å². The van der Waals surface area contributed by atoms with E-state index in [0.717, 1.165) is 6.07 Å². The Kier molecular flexibility index (Phi) is 5.92. The van der Waals surface area contributed by atoms with Crippen LogP contribution >= 0.6 is 31.9 Å². The van der Waals surface area contributed by atoms with Gasteiger partial charge in [-0.1, -0.05) is 37.9 Å². The van der Waals surface area contributed by atoms with Crippen LogP contribution in [0.25, 0.3) is 0 Å². The first-order chi connectivity index (χ1) is 11.2. The molecule has 0 saturated carbocycles. The van der Waals surface area contributed by atoms with Gasteiger partial charge in [-0.3, -0.25) is 4.79 Å². The van der Waals surface area contributed by atoms with Gasteiger partial charge in [-0.2, -0.15) is 0 Å². The molecule has 0 bridgehead atoms. The molecule has 6 nitrogen and oxygen atoms in total. The van der Waals surface area contributed by atoms with Crippen molar-refractivity contribution in [2.75, 3.05) is 6.54 Å².